The summed E-state index contributed by atoms with van der Waals surface area (Å²) in [6.45, 7) is 5.59. The number of nitrogens with zero attached hydrogens (tertiary/aromatic N) is 2. The van der Waals surface area contributed by atoms with E-state index in [1.165, 1.54) is 0 Å². The van der Waals surface area contributed by atoms with Crippen molar-refractivity contribution in [3.63, 3.8) is 0 Å². The second-order valence-electron chi connectivity index (χ2n) is 3.77. The maximum absolute atomic E-state index is 9.01. The fourth-order valence-corrected chi connectivity index (χ4v) is 1.68. The molecule has 0 aromatic carbocycles. The first-order chi connectivity index (χ1) is 7.72. The van der Waals surface area contributed by atoms with Gasteiger partial charge in [0.2, 0.25) is 0 Å². The lowest BCUT2D eigenvalue weighted by atomic mass is 10.2. The number of aliphatic hydroxyl groups is 1. The molecule has 1 aromatic rings. The summed E-state index contributed by atoms with van der Waals surface area (Å²) in [4.78, 5) is 6.44. The van der Waals surface area contributed by atoms with E-state index < -0.39 is 0 Å². The molecule has 1 rings (SSSR count). The van der Waals surface area contributed by atoms with Crippen LogP contribution in [0.25, 0.3) is 0 Å². The van der Waals surface area contributed by atoms with E-state index in [4.69, 9.17) is 11.5 Å². The number of terminal acetylenes is 1. The zero-order chi connectivity index (χ0) is 12.0. The standard InChI is InChI=1S/C13H18N2O/c1-4-6-15(7-5-2)13-11(3)8-12(10-16)9-14-13/h1,8-9,16H,5-7,10H2,2-3H3. The summed E-state index contributed by atoms with van der Waals surface area (Å²) in [5.74, 6) is 3.56. The van der Waals surface area contributed by atoms with Gasteiger partial charge in [-0.15, -0.1) is 6.42 Å². The van der Waals surface area contributed by atoms with Crippen LogP contribution in [-0.2, 0) is 6.61 Å². The number of aromatic nitrogens is 1. The van der Waals surface area contributed by atoms with Gasteiger partial charge in [0.25, 0.3) is 0 Å². The van der Waals surface area contributed by atoms with Crippen molar-refractivity contribution in [2.45, 2.75) is 26.9 Å². The van der Waals surface area contributed by atoms with Crippen LogP contribution < -0.4 is 4.90 Å². The molecule has 0 spiro atoms. The Bertz CT molecular complexity index is 382. The number of hydrogen-bond acceptors (Lipinski definition) is 3. The quantitative estimate of drug-likeness (QED) is 0.765. The fourth-order valence-electron chi connectivity index (χ4n) is 1.68. The molecule has 0 aliphatic heterocycles. The normalized spacial score (nSPS) is 9.88. The van der Waals surface area contributed by atoms with Crippen LogP contribution in [0.2, 0.25) is 0 Å². The van der Waals surface area contributed by atoms with Crippen LogP contribution >= 0.6 is 0 Å². The molecule has 0 saturated carbocycles. The number of rotatable bonds is 5. The van der Waals surface area contributed by atoms with Crippen LogP contribution in [0.5, 0.6) is 0 Å². The van der Waals surface area contributed by atoms with Gasteiger partial charge in [0, 0.05) is 12.7 Å². The minimum atomic E-state index is 0.0248. The number of aliphatic hydroxyl groups excluding tert-OH is 1. The van der Waals surface area contributed by atoms with Gasteiger partial charge in [-0.1, -0.05) is 12.8 Å². The van der Waals surface area contributed by atoms with Crippen molar-refractivity contribution in [1.82, 2.24) is 4.98 Å². The molecule has 1 aromatic heterocycles. The Morgan fingerprint density at radius 1 is 1.56 bits per heavy atom. The van der Waals surface area contributed by atoms with Gasteiger partial charge in [0.05, 0.1) is 13.2 Å². The van der Waals surface area contributed by atoms with Gasteiger partial charge in [-0.25, -0.2) is 4.98 Å². The third-order valence-corrected chi connectivity index (χ3v) is 2.37. The Labute approximate surface area is 97.1 Å². The monoisotopic (exact) mass is 218 g/mol. The van der Waals surface area contributed by atoms with Gasteiger partial charge in [-0.2, -0.15) is 0 Å². The van der Waals surface area contributed by atoms with E-state index in [-0.39, 0.29) is 6.61 Å². The molecule has 0 fully saturated rings. The maximum Gasteiger partial charge on any atom is 0.132 e. The van der Waals surface area contributed by atoms with Crippen LogP contribution in [0.3, 0.4) is 0 Å². The number of hydrogen-bond donors (Lipinski definition) is 1. The highest BCUT2D eigenvalue weighted by Crippen LogP contribution is 2.17. The molecular formula is C13H18N2O. The average molecular weight is 218 g/mol. The molecule has 1 N–H and O–H groups in total. The SMILES string of the molecule is C#CCN(CCC)c1ncc(CO)cc1C. The molecule has 0 unspecified atom stereocenters. The molecule has 3 heteroatoms. The van der Waals surface area contributed by atoms with Crippen molar-refractivity contribution in [2.24, 2.45) is 0 Å². The van der Waals surface area contributed by atoms with Crippen LogP contribution in [0.1, 0.15) is 24.5 Å². The van der Waals surface area contributed by atoms with Crippen molar-refractivity contribution in [3.8, 4) is 12.3 Å². The van der Waals surface area contributed by atoms with E-state index >= 15 is 0 Å². The third-order valence-electron chi connectivity index (χ3n) is 2.37. The highest BCUT2D eigenvalue weighted by atomic mass is 16.3. The first-order valence-electron chi connectivity index (χ1n) is 5.47. The summed E-state index contributed by atoms with van der Waals surface area (Å²) < 4.78 is 0. The van der Waals surface area contributed by atoms with E-state index in [1.54, 1.807) is 6.20 Å². The van der Waals surface area contributed by atoms with Gasteiger partial charge in [0.15, 0.2) is 0 Å². The summed E-state index contributed by atoms with van der Waals surface area (Å²) >= 11 is 0. The first-order valence-corrected chi connectivity index (χ1v) is 5.47. The summed E-state index contributed by atoms with van der Waals surface area (Å²) in [7, 11) is 0. The Morgan fingerprint density at radius 3 is 2.81 bits per heavy atom. The second kappa shape index (κ2) is 6.14. The molecule has 0 bridgehead atoms. The first kappa shape index (κ1) is 12.5. The molecule has 0 radical (unpaired) electrons. The van der Waals surface area contributed by atoms with Crippen LogP contribution in [0, 0.1) is 19.3 Å². The molecule has 0 amide bonds. The molecule has 0 aliphatic carbocycles. The average Bonchev–Trinajstić information content (AvgIpc) is 2.29. The zero-order valence-electron chi connectivity index (χ0n) is 9.90. The fraction of sp³-hybridized carbons (Fsp3) is 0.462. The molecule has 0 atom stereocenters. The molecule has 1 heterocycles. The summed E-state index contributed by atoms with van der Waals surface area (Å²) in [5, 5.41) is 9.01. The van der Waals surface area contributed by atoms with Crippen molar-refractivity contribution in [3.05, 3.63) is 23.4 Å². The predicted molar refractivity (Wildman–Crippen MR) is 66.2 cm³/mol. The molecule has 86 valence electrons. The van der Waals surface area contributed by atoms with Gasteiger partial charge < -0.3 is 10.0 Å². The van der Waals surface area contributed by atoms with Crippen molar-refractivity contribution in [1.29, 1.82) is 0 Å². The van der Waals surface area contributed by atoms with Crippen LogP contribution in [0.4, 0.5) is 5.82 Å². The smallest absolute Gasteiger partial charge is 0.132 e. The minimum absolute atomic E-state index is 0.0248. The maximum atomic E-state index is 9.01. The van der Waals surface area contributed by atoms with Gasteiger partial charge in [0.1, 0.15) is 5.82 Å². The Hall–Kier alpha value is -1.53. The van der Waals surface area contributed by atoms with E-state index in [0.717, 1.165) is 29.9 Å². The topological polar surface area (TPSA) is 36.4 Å². The van der Waals surface area contributed by atoms with E-state index in [9.17, 15) is 0 Å². The van der Waals surface area contributed by atoms with E-state index in [1.807, 2.05) is 13.0 Å². The zero-order valence-corrected chi connectivity index (χ0v) is 9.90. The molecule has 3 nitrogen and oxygen atoms in total. The number of pyridine rings is 1. The predicted octanol–water partition coefficient (Wildman–Crippen LogP) is 1.73. The summed E-state index contributed by atoms with van der Waals surface area (Å²) in [5.41, 5.74) is 1.88. The largest absolute Gasteiger partial charge is 0.392 e. The third kappa shape index (κ3) is 2.98. The highest BCUT2D eigenvalue weighted by molar-refractivity contribution is 5.48. The van der Waals surface area contributed by atoms with Crippen LogP contribution in [-0.4, -0.2) is 23.2 Å². The number of aryl methyl sites for hydroxylation is 1. The molecule has 0 aliphatic rings. The summed E-state index contributed by atoms with van der Waals surface area (Å²) in [6, 6.07) is 1.95. The molecule has 16 heavy (non-hydrogen) atoms. The van der Waals surface area contributed by atoms with Gasteiger partial charge >= 0.3 is 0 Å². The number of anilines is 1. The lowest BCUT2D eigenvalue weighted by Gasteiger charge is -2.22. The minimum Gasteiger partial charge on any atom is -0.392 e. The van der Waals surface area contributed by atoms with E-state index in [0.29, 0.717) is 6.54 Å². The lowest BCUT2D eigenvalue weighted by molar-refractivity contribution is 0.281. The van der Waals surface area contributed by atoms with Gasteiger partial charge in [-0.3, -0.25) is 0 Å². The Kier molecular flexibility index (Phi) is 4.81. The Balaban J connectivity index is 2.96. The van der Waals surface area contributed by atoms with Gasteiger partial charge in [-0.05, 0) is 30.5 Å². The van der Waals surface area contributed by atoms with Crippen molar-refractivity contribution in [2.75, 3.05) is 18.0 Å². The highest BCUT2D eigenvalue weighted by Gasteiger charge is 2.09. The lowest BCUT2D eigenvalue weighted by Crippen LogP contribution is -2.26. The van der Waals surface area contributed by atoms with Crippen molar-refractivity contribution < 1.29 is 5.11 Å². The van der Waals surface area contributed by atoms with Crippen LogP contribution in [0.15, 0.2) is 12.3 Å². The molecular weight excluding hydrogens is 200 g/mol. The summed E-state index contributed by atoms with van der Waals surface area (Å²) in [6.07, 6.45) is 8.07. The van der Waals surface area contributed by atoms with Crippen molar-refractivity contribution >= 4 is 5.82 Å². The second-order valence-corrected chi connectivity index (χ2v) is 3.77. The Morgan fingerprint density at radius 2 is 2.31 bits per heavy atom. The molecule has 0 saturated heterocycles. The van der Waals surface area contributed by atoms with E-state index in [2.05, 4.69) is 22.7 Å².